The Bertz CT molecular complexity index is 728. The van der Waals surface area contributed by atoms with Crippen molar-refractivity contribution in [2.24, 2.45) is 5.73 Å². The van der Waals surface area contributed by atoms with Crippen LogP contribution in [-0.2, 0) is 4.74 Å². The van der Waals surface area contributed by atoms with Gasteiger partial charge in [0, 0.05) is 30.8 Å². The predicted molar refractivity (Wildman–Crippen MR) is 93.1 cm³/mol. The first-order valence-electron chi connectivity index (χ1n) is 8.29. The average Bonchev–Trinajstić information content (AvgIpc) is 2.67. The van der Waals surface area contributed by atoms with Crippen LogP contribution in [0.3, 0.4) is 0 Å². The minimum absolute atomic E-state index is 0.0321. The lowest BCUT2D eigenvalue weighted by molar-refractivity contribution is 0.0303. The number of carbonyl (C=O) groups excluding carboxylic acids is 1. The molecule has 2 aromatic carbocycles. The van der Waals surface area contributed by atoms with Crippen LogP contribution >= 0.6 is 0 Å². The molecule has 1 amide bonds. The molecule has 1 heterocycles. The quantitative estimate of drug-likeness (QED) is 0.904. The maximum Gasteiger partial charge on any atom is 0.254 e. The SMILES string of the molecule is NCCOc1ccc(F)c(-c2ccc(C(=O)N3CCOCC3)cc2)c1. The highest BCUT2D eigenvalue weighted by Gasteiger charge is 2.18. The van der Waals surface area contributed by atoms with Crippen molar-refractivity contribution in [3.8, 4) is 16.9 Å². The molecular weight excluding hydrogens is 323 g/mol. The van der Waals surface area contributed by atoms with Gasteiger partial charge in [-0.3, -0.25) is 4.79 Å². The minimum atomic E-state index is -0.340. The number of carbonyl (C=O) groups is 1. The zero-order chi connectivity index (χ0) is 17.6. The summed E-state index contributed by atoms with van der Waals surface area (Å²) in [6.45, 7) is 3.07. The smallest absolute Gasteiger partial charge is 0.254 e. The molecular formula is C19H21FN2O3. The van der Waals surface area contributed by atoms with Gasteiger partial charge in [0.2, 0.25) is 0 Å². The Hall–Kier alpha value is -2.44. The number of benzene rings is 2. The molecule has 6 heteroatoms. The molecule has 5 nitrogen and oxygen atoms in total. The van der Waals surface area contributed by atoms with E-state index in [9.17, 15) is 9.18 Å². The number of rotatable bonds is 5. The molecule has 0 atom stereocenters. The van der Waals surface area contributed by atoms with Gasteiger partial charge in [-0.1, -0.05) is 12.1 Å². The highest BCUT2D eigenvalue weighted by molar-refractivity contribution is 5.94. The molecule has 1 saturated heterocycles. The molecule has 25 heavy (non-hydrogen) atoms. The molecule has 1 fully saturated rings. The third-order valence-corrected chi connectivity index (χ3v) is 4.07. The van der Waals surface area contributed by atoms with Crippen LogP contribution in [0.25, 0.3) is 11.1 Å². The molecule has 3 rings (SSSR count). The first-order valence-corrected chi connectivity index (χ1v) is 8.29. The fraction of sp³-hybridized carbons (Fsp3) is 0.316. The van der Waals surface area contributed by atoms with Crippen molar-refractivity contribution in [3.63, 3.8) is 0 Å². The summed E-state index contributed by atoms with van der Waals surface area (Å²) in [6, 6.07) is 11.5. The fourth-order valence-electron chi connectivity index (χ4n) is 2.73. The van der Waals surface area contributed by atoms with E-state index in [4.69, 9.17) is 15.2 Å². The van der Waals surface area contributed by atoms with Crippen molar-refractivity contribution in [1.29, 1.82) is 0 Å². The summed E-state index contributed by atoms with van der Waals surface area (Å²) in [5.41, 5.74) is 7.12. The maximum absolute atomic E-state index is 14.2. The molecule has 0 radical (unpaired) electrons. The second-order valence-corrected chi connectivity index (χ2v) is 5.76. The fourth-order valence-corrected chi connectivity index (χ4v) is 2.73. The Balaban J connectivity index is 1.78. The van der Waals surface area contributed by atoms with E-state index in [1.807, 2.05) is 0 Å². The van der Waals surface area contributed by atoms with Crippen molar-refractivity contribution < 1.29 is 18.7 Å². The van der Waals surface area contributed by atoms with Gasteiger partial charge >= 0.3 is 0 Å². The van der Waals surface area contributed by atoms with E-state index in [0.29, 0.717) is 61.9 Å². The number of morpholine rings is 1. The number of nitrogens with zero attached hydrogens (tertiary/aromatic N) is 1. The normalized spacial score (nSPS) is 14.4. The Labute approximate surface area is 146 Å². The first-order chi connectivity index (χ1) is 12.2. The summed E-state index contributed by atoms with van der Waals surface area (Å²) < 4.78 is 24.9. The maximum atomic E-state index is 14.2. The van der Waals surface area contributed by atoms with Crippen molar-refractivity contribution in [2.75, 3.05) is 39.5 Å². The zero-order valence-electron chi connectivity index (χ0n) is 13.9. The van der Waals surface area contributed by atoms with Crippen molar-refractivity contribution in [1.82, 2.24) is 4.90 Å². The topological polar surface area (TPSA) is 64.8 Å². The van der Waals surface area contributed by atoms with Crippen LogP contribution in [0.15, 0.2) is 42.5 Å². The van der Waals surface area contributed by atoms with E-state index in [1.165, 1.54) is 6.07 Å². The average molecular weight is 344 g/mol. The van der Waals surface area contributed by atoms with E-state index in [1.54, 1.807) is 41.3 Å². The Morgan fingerprint density at radius 3 is 2.56 bits per heavy atom. The monoisotopic (exact) mass is 344 g/mol. The second kappa shape index (κ2) is 8.09. The molecule has 0 aliphatic carbocycles. The third-order valence-electron chi connectivity index (χ3n) is 4.07. The van der Waals surface area contributed by atoms with Crippen molar-refractivity contribution >= 4 is 5.91 Å². The van der Waals surface area contributed by atoms with Gasteiger partial charge < -0.3 is 20.1 Å². The Morgan fingerprint density at radius 1 is 1.16 bits per heavy atom. The molecule has 132 valence electrons. The molecule has 2 aromatic rings. The molecule has 2 N–H and O–H groups in total. The highest BCUT2D eigenvalue weighted by Crippen LogP contribution is 2.27. The van der Waals surface area contributed by atoms with Crippen LogP contribution < -0.4 is 10.5 Å². The van der Waals surface area contributed by atoms with Crippen molar-refractivity contribution in [3.05, 3.63) is 53.8 Å². The van der Waals surface area contributed by atoms with Gasteiger partial charge in [-0.25, -0.2) is 4.39 Å². The predicted octanol–water partition coefficient (Wildman–Crippen LogP) is 2.30. The van der Waals surface area contributed by atoms with Gasteiger partial charge in [0.15, 0.2) is 0 Å². The first kappa shape index (κ1) is 17.4. The van der Waals surface area contributed by atoms with Gasteiger partial charge in [0.05, 0.1) is 13.2 Å². The molecule has 1 aliphatic heterocycles. The Morgan fingerprint density at radius 2 is 1.88 bits per heavy atom. The molecule has 0 saturated carbocycles. The lowest BCUT2D eigenvalue weighted by Crippen LogP contribution is -2.40. The van der Waals surface area contributed by atoms with E-state index >= 15 is 0 Å². The minimum Gasteiger partial charge on any atom is -0.492 e. The summed E-state index contributed by atoms with van der Waals surface area (Å²) >= 11 is 0. The summed E-state index contributed by atoms with van der Waals surface area (Å²) in [4.78, 5) is 14.2. The van der Waals surface area contributed by atoms with E-state index in [2.05, 4.69) is 0 Å². The number of hydrogen-bond donors (Lipinski definition) is 1. The van der Waals surface area contributed by atoms with Crippen LogP contribution in [0.5, 0.6) is 5.75 Å². The van der Waals surface area contributed by atoms with E-state index < -0.39 is 0 Å². The molecule has 0 unspecified atom stereocenters. The van der Waals surface area contributed by atoms with Gasteiger partial charge in [0.25, 0.3) is 5.91 Å². The van der Waals surface area contributed by atoms with Gasteiger partial charge in [0.1, 0.15) is 18.2 Å². The lowest BCUT2D eigenvalue weighted by Gasteiger charge is -2.26. The number of nitrogens with two attached hydrogens (primary N) is 1. The second-order valence-electron chi connectivity index (χ2n) is 5.76. The summed E-state index contributed by atoms with van der Waals surface area (Å²) in [5, 5.41) is 0. The number of hydrogen-bond acceptors (Lipinski definition) is 4. The van der Waals surface area contributed by atoms with Crippen LogP contribution in [0.4, 0.5) is 4.39 Å². The van der Waals surface area contributed by atoms with Crippen LogP contribution in [0.1, 0.15) is 10.4 Å². The number of ether oxygens (including phenoxy) is 2. The van der Waals surface area contributed by atoms with Gasteiger partial charge in [-0.2, -0.15) is 0 Å². The van der Waals surface area contributed by atoms with Gasteiger partial charge in [-0.05, 0) is 35.9 Å². The zero-order valence-corrected chi connectivity index (χ0v) is 13.9. The standard InChI is InChI=1S/C19H21FN2O3/c20-18-6-5-16(25-10-7-21)13-17(18)14-1-3-15(4-2-14)19(23)22-8-11-24-12-9-22/h1-6,13H,7-12,21H2. The van der Waals surface area contributed by atoms with E-state index in [0.717, 1.165) is 0 Å². The van der Waals surface area contributed by atoms with Crippen LogP contribution in [0, 0.1) is 5.82 Å². The molecule has 0 bridgehead atoms. The summed E-state index contributed by atoms with van der Waals surface area (Å²) in [7, 11) is 0. The van der Waals surface area contributed by atoms with Crippen LogP contribution in [0.2, 0.25) is 0 Å². The molecule has 1 aliphatic rings. The third kappa shape index (κ3) is 4.15. The summed E-state index contributed by atoms with van der Waals surface area (Å²) in [6.07, 6.45) is 0. The molecule has 0 spiro atoms. The summed E-state index contributed by atoms with van der Waals surface area (Å²) in [5.74, 6) is 0.193. The van der Waals surface area contributed by atoms with Crippen molar-refractivity contribution in [2.45, 2.75) is 0 Å². The van der Waals surface area contributed by atoms with Gasteiger partial charge in [-0.15, -0.1) is 0 Å². The number of amides is 1. The Kier molecular flexibility index (Phi) is 5.63. The van der Waals surface area contributed by atoms with E-state index in [-0.39, 0.29) is 11.7 Å². The van der Waals surface area contributed by atoms with Crippen LogP contribution in [-0.4, -0.2) is 50.3 Å². The molecule has 0 aromatic heterocycles. The highest BCUT2D eigenvalue weighted by atomic mass is 19.1. The number of halogens is 1. The largest absolute Gasteiger partial charge is 0.492 e. The lowest BCUT2D eigenvalue weighted by atomic mass is 10.0.